The SMILES string of the molecule is Cc1nc(CN2CCC[C@H](C(=O)c3ccccc3)C2)co1. The van der Waals surface area contributed by atoms with E-state index in [0.29, 0.717) is 5.89 Å². The zero-order valence-electron chi connectivity index (χ0n) is 12.3. The van der Waals surface area contributed by atoms with Crippen molar-refractivity contribution in [1.29, 1.82) is 0 Å². The van der Waals surface area contributed by atoms with Crippen molar-refractivity contribution < 1.29 is 9.21 Å². The number of carbonyl (C=O) groups is 1. The van der Waals surface area contributed by atoms with Gasteiger partial charge in [-0.2, -0.15) is 0 Å². The van der Waals surface area contributed by atoms with Crippen molar-refractivity contribution in [3.63, 3.8) is 0 Å². The maximum atomic E-state index is 12.5. The Balaban J connectivity index is 1.64. The number of nitrogens with zero attached hydrogens (tertiary/aromatic N) is 2. The molecule has 110 valence electrons. The van der Waals surface area contributed by atoms with E-state index in [1.54, 1.807) is 6.26 Å². The predicted octanol–water partition coefficient (Wildman–Crippen LogP) is 3.08. The Morgan fingerprint density at radius 2 is 2.19 bits per heavy atom. The fraction of sp³-hybridized carbons (Fsp3) is 0.412. The summed E-state index contributed by atoms with van der Waals surface area (Å²) in [4.78, 5) is 19.2. The van der Waals surface area contributed by atoms with Crippen LogP contribution in [0.1, 0.15) is 34.8 Å². The number of hydrogen-bond donors (Lipinski definition) is 0. The van der Waals surface area contributed by atoms with Gasteiger partial charge in [0.15, 0.2) is 11.7 Å². The quantitative estimate of drug-likeness (QED) is 0.809. The molecule has 21 heavy (non-hydrogen) atoms. The molecule has 0 N–H and O–H groups in total. The number of carbonyl (C=O) groups excluding carboxylic acids is 1. The van der Waals surface area contributed by atoms with Crippen LogP contribution in [0.4, 0.5) is 0 Å². The van der Waals surface area contributed by atoms with Gasteiger partial charge in [-0.15, -0.1) is 0 Å². The van der Waals surface area contributed by atoms with Gasteiger partial charge >= 0.3 is 0 Å². The van der Waals surface area contributed by atoms with Crippen LogP contribution in [0.5, 0.6) is 0 Å². The number of aryl methyl sites for hydroxylation is 1. The lowest BCUT2D eigenvalue weighted by Crippen LogP contribution is -2.38. The lowest BCUT2D eigenvalue weighted by atomic mass is 9.90. The third-order valence-corrected chi connectivity index (χ3v) is 3.99. The molecular formula is C17H20N2O2. The topological polar surface area (TPSA) is 46.3 Å². The minimum Gasteiger partial charge on any atom is -0.449 e. The third-order valence-electron chi connectivity index (χ3n) is 3.99. The molecule has 4 nitrogen and oxygen atoms in total. The van der Waals surface area contributed by atoms with Gasteiger partial charge in [0.25, 0.3) is 0 Å². The normalized spacial score (nSPS) is 19.6. The number of Topliss-reactive ketones (excluding diaryl/α,β-unsaturated/α-hetero) is 1. The summed E-state index contributed by atoms with van der Waals surface area (Å²) in [5, 5.41) is 0. The molecule has 0 amide bonds. The van der Waals surface area contributed by atoms with Crippen LogP contribution in [-0.2, 0) is 6.54 Å². The fourth-order valence-electron chi connectivity index (χ4n) is 2.96. The number of piperidine rings is 1. The van der Waals surface area contributed by atoms with Gasteiger partial charge in [0.2, 0.25) is 0 Å². The van der Waals surface area contributed by atoms with Crippen molar-refractivity contribution in [2.75, 3.05) is 13.1 Å². The van der Waals surface area contributed by atoms with Crippen molar-refractivity contribution in [2.24, 2.45) is 5.92 Å². The Kier molecular flexibility index (Phi) is 4.15. The summed E-state index contributed by atoms with van der Waals surface area (Å²) in [5.74, 6) is 1.05. The van der Waals surface area contributed by atoms with E-state index in [1.165, 1.54) is 0 Å². The van der Waals surface area contributed by atoms with Crippen molar-refractivity contribution in [3.8, 4) is 0 Å². The van der Waals surface area contributed by atoms with Crippen LogP contribution in [0.3, 0.4) is 0 Å². The molecule has 2 aromatic rings. The molecule has 0 unspecified atom stereocenters. The number of hydrogen-bond acceptors (Lipinski definition) is 4. The van der Waals surface area contributed by atoms with E-state index in [-0.39, 0.29) is 11.7 Å². The molecule has 1 saturated heterocycles. The fourth-order valence-corrected chi connectivity index (χ4v) is 2.96. The molecule has 0 spiro atoms. The summed E-state index contributed by atoms with van der Waals surface area (Å²) in [6.45, 7) is 4.43. The Morgan fingerprint density at radius 1 is 1.38 bits per heavy atom. The van der Waals surface area contributed by atoms with Crippen LogP contribution in [0.2, 0.25) is 0 Å². The zero-order valence-corrected chi connectivity index (χ0v) is 12.3. The minimum atomic E-state index is 0.0918. The molecule has 0 radical (unpaired) electrons. The smallest absolute Gasteiger partial charge is 0.191 e. The van der Waals surface area contributed by atoms with Gasteiger partial charge < -0.3 is 4.42 Å². The molecule has 1 aliphatic heterocycles. The lowest BCUT2D eigenvalue weighted by Gasteiger charge is -2.31. The van der Waals surface area contributed by atoms with Crippen molar-refractivity contribution in [1.82, 2.24) is 9.88 Å². The maximum Gasteiger partial charge on any atom is 0.191 e. The van der Waals surface area contributed by atoms with Crippen LogP contribution in [0.25, 0.3) is 0 Å². The van der Waals surface area contributed by atoms with E-state index in [1.807, 2.05) is 37.3 Å². The van der Waals surface area contributed by atoms with Crippen molar-refractivity contribution in [3.05, 3.63) is 53.7 Å². The molecular weight excluding hydrogens is 264 g/mol. The van der Waals surface area contributed by atoms with E-state index in [9.17, 15) is 4.79 Å². The van der Waals surface area contributed by atoms with Crippen molar-refractivity contribution in [2.45, 2.75) is 26.3 Å². The van der Waals surface area contributed by atoms with Gasteiger partial charge in [-0.1, -0.05) is 30.3 Å². The summed E-state index contributed by atoms with van der Waals surface area (Å²) in [7, 11) is 0. The second-order valence-electron chi connectivity index (χ2n) is 5.66. The lowest BCUT2D eigenvalue weighted by molar-refractivity contribution is 0.0810. The first-order valence-electron chi connectivity index (χ1n) is 7.45. The predicted molar refractivity (Wildman–Crippen MR) is 80.0 cm³/mol. The zero-order chi connectivity index (χ0) is 14.7. The van der Waals surface area contributed by atoms with Gasteiger partial charge in [-0.3, -0.25) is 9.69 Å². The van der Waals surface area contributed by atoms with Crippen LogP contribution in [0, 0.1) is 12.8 Å². The van der Waals surface area contributed by atoms with Gasteiger partial charge in [0.05, 0.1) is 5.69 Å². The van der Waals surface area contributed by atoms with Crippen LogP contribution < -0.4 is 0 Å². The Hall–Kier alpha value is -1.94. The maximum absolute atomic E-state index is 12.5. The molecule has 1 atom stereocenters. The monoisotopic (exact) mass is 284 g/mol. The summed E-state index contributed by atoms with van der Waals surface area (Å²) in [6.07, 6.45) is 3.74. The highest BCUT2D eigenvalue weighted by Gasteiger charge is 2.26. The van der Waals surface area contributed by atoms with E-state index < -0.39 is 0 Å². The van der Waals surface area contributed by atoms with Crippen LogP contribution in [-0.4, -0.2) is 28.8 Å². The first-order valence-corrected chi connectivity index (χ1v) is 7.45. The molecule has 1 fully saturated rings. The van der Waals surface area contributed by atoms with E-state index in [2.05, 4.69) is 9.88 Å². The number of rotatable bonds is 4. The number of oxazole rings is 1. The molecule has 1 aromatic heterocycles. The highest BCUT2D eigenvalue weighted by atomic mass is 16.3. The molecule has 0 bridgehead atoms. The average molecular weight is 284 g/mol. The Morgan fingerprint density at radius 3 is 2.90 bits per heavy atom. The molecule has 4 heteroatoms. The van der Waals surface area contributed by atoms with Crippen molar-refractivity contribution >= 4 is 5.78 Å². The van der Waals surface area contributed by atoms with Crippen LogP contribution >= 0.6 is 0 Å². The average Bonchev–Trinajstić information content (AvgIpc) is 2.93. The number of ketones is 1. The highest BCUT2D eigenvalue weighted by Crippen LogP contribution is 2.22. The Bertz CT molecular complexity index is 606. The number of aromatic nitrogens is 1. The summed E-state index contributed by atoms with van der Waals surface area (Å²) < 4.78 is 5.24. The van der Waals surface area contributed by atoms with Gasteiger partial charge in [-0.05, 0) is 19.4 Å². The van der Waals surface area contributed by atoms with E-state index >= 15 is 0 Å². The van der Waals surface area contributed by atoms with Gasteiger partial charge in [0.1, 0.15) is 6.26 Å². The summed E-state index contributed by atoms with van der Waals surface area (Å²) in [5.41, 5.74) is 1.77. The molecule has 1 aromatic carbocycles. The molecule has 1 aliphatic rings. The Labute approximate surface area is 124 Å². The second-order valence-corrected chi connectivity index (χ2v) is 5.66. The third kappa shape index (κ3) is 3.39. The molecule has 0 saturated carbocycles. The largest absolute Gasteiger partial charge is 0.449 e. The van der Waals surface area contributed by atoms with E-state index in [0.717, 1.165) is 43.7 Å². The van der Waals surface area contributed by atoms with Crippen LogP contribution in [0.15, 0.2) is 41.0 Å². The van der Waals surface area contributed by atoms with Gasteiger partial charge in [-0.25, -0.2) is 4.98 Å². The summed E-state index contributed by atoms with van der Waals surface area (Å²) >= 11 is 0. The molecule has 0 aliphatic carbocycles. The first kappa shape index (κ1) is 14.0. The first-order chi connectivity index (χ1) is 10.2. The minimum absolute atomic E-state index is 0.0918. The summed E-state index contributed by atoms with van der Waals surface area (Å²) in [6, 6.07) is 9.60. The molecule has 2 heterocycles. The standard InChI is InChI=1S/C17H20N2O2/c1-13-18-16(12-21-13)11-19-9-5-8-15(10-19)17(20)14-6-3-2-4-7-14/h2-4,6-7,12,15H,5,8-11H2,1H3/t15-/m0/s1. The number of benzene rings is 1. The van der Waals surface area contributed by atoms with Gasteiger partial charge in [0, 0.05) is 31.5 Å². The number of likely N-dealkylation sites (tertiary alicyclic amines) is 1. The molecule has 3 rings (SSSR count). The highest BCUT2D eigenvalue weighted by molar-refractivity contribution is 5.98. The van der Waals surface area contributed by atoms with E-state index in [4.69, 9.17) is 4.42 Å². The second kappa shape index (κ2) is 6.22.